The average Bonchev–Trinajstić information content (AvgIpc) is 2.01. The van der Waals surface area contributed by atoms with Gasteiger partial charge in [0.05, 0.1) is 5.56 Å². The largest absolute Gasteiger partial charge is 0.489 e. The second kappa shape index (κ2) is 3.51. The molecule has 0 aliphatic heterocycles. The smallest absolute Gasteiger partial charge is 0.423 e. The molecule has 0 radical (unpaired) electrons. The number of anilines is 1. The highest BCUT2D eigenvalue weighted by atomic mass is 19.4. The van der Waals surface area contributed by atoms with Gasteiger partial charge in [0.25, 0.3) is 0 Å². The Morgan fingerprint density at radius 1 is 1.21 bits per heavy atom. The lowest BCUT2D eigenvalue weighted by molar-refractivity contribution is -0.136. The van der Waals surface area contributed by atoms with E-state index >= 15 is 0 Å². The third-order valence-corrected chi connectivity index (χ3v) is 1.66. The zero-order chi connectivity index (χ0) is 10.9. The van der Waals surface area contributed by atoms with E-state index in [1.165, 1.54) is 0 Å². The van der Waals surface area contributed by atoms with E-state index in [1.54, 1.807) is 0 Å². The van der Waals surface area contributed by atoms with Crippen molar-refractivity contribution in [3.05, 3.63) is 23.8 Å². The van der Waals surface area contributed by atoms with E-state index in [2.05, 4.69) is 0 Å². The van der Waals surface area contributed by atoms with Crippen molar-refractivity contribution >= 4 is 18.3 Å². The maximum Gasteiger partial charge on any atom is 0.489 e. The second-order valence-corrected chi connectivity index (χ2v) is 2.72. The predicted molar refractivity (Wildman–Crippen MR) is 45.7 cm³/mol. The van der Waals surface area contributed by atoms with Crippen LogP contribution in [0.1, 0.15) is 5.56 Å². The molecule has 0 saturated heterocycles. The number of hydrogen-bond acceptors (Lipinski definition) is 3. The predicted octanol–water partition coefficient (Wildman–Crippen LogP) is -0.0326. The van der Waals surface area contributed by atoms with Crippen molar-refractivity contribution in [1.29, 1.82) is 0 Å². The van der Waals surface area contributed by atoms with Crippen molar-refractivity contribution in [2.75, 3.05) is 5.73 Å². The van der Waals surface area contributed by atoms with Crippen LogP contribution in [0.25, 0.3) is 0 Å². The first-order valence-corrected chi connectivity index (χ1v) is 3.65. The molecule has 1 rings (SSSR count). The van der Waals surface area contributed by atoms with Crippen molar-refractivity contribution in [3.63, 3.8) is 0 Å². The molecule has 0 amide bonds. The number of benzene rings is 1. The van der Waals surface area contributed by atoms with Gasteiger partial charge in [-0.25, -0.2) is 0 Å². The first kappa shape index (κ1) is 10.9. The van der Waals surface area contributed by atoms with Gasteiger partial charge in [-0.2, -0.15) is 13.2 Å². The molecule has 0 aliphatic rings. The van der Waals surface area contributed by atoms with E-state index in [0.717, 1.165) is 12.1 Å². The van der Waals surface area contributed by atoms with Gasteiger partial charge in [0.2, 0.25) is 0 Å². The van der Waals surface area contributed by atoms with Crippen LogP contribution in [0.4, 0.5) is 18.9 Å². The van der Waals surface area contributed by atoms with Crippen molar-refractivity contribution in [1.82, 2.24) is 0 Å². The molecule has 14 heavy (non-hydrogen) atoms. The topological polar surface area (TPSA) is 66.5 Å². The first-order chi connectivity index (χ1) is 6.32. The highest BCUT2D eigenvalue weighted by Crippen LogP contribution is 2.28. The van der Waals surface area contributed by atoms with Crippen LogP contribution < -0.4 is 11.2 Å². The van der Waals surface area contributed by atoms with Crippen molar-refractivity contribution in [2.24, 2.45) is 0 Å². The molecule has 0 fully saturated rings. The van der Waals surface area contributed by atoms with E-state index in [4.69, 9.17) is 15.8 Å². The summed E-state index contributed by atoms with van der Waals surface area (Å²) in [5.74, 6) is 0. The van der Waals surface area contributed by atoms with E-state index in [1.807, 2.05) is 0 Å². The van der Waals surface area contributed by atoms with E-state index < -0.39 is 24.3 Å². The quantitative estimate of drug-likeness (QED) is 0.445. The maximum atomic E-state index is 12.3. The van der Waals surface area contributed by atoms with E-state index in [0.29, 0.717) is 6.07 Å². The van der Waals surface area contributed by atoms with Gasteiger partial charge in [-0.1, -0.05) is 0 Å². The van der Waals surface area contributed by atoms with Crippen molar-refractivity contribution < 1.29 is 23.2 Å². The average molecular weight is 205 g/mol. The third kappa shape index (κ3) is 2.18. The molecule has 0 unspecified atom stereocenters. The van der Waals surface area contributed by atoms with E-state index in [9.17, 15) is 13.2 Å². The molecular formula is C7H7BF3NO2. The SMILES string of the molecule is Nc1ccc(C(F)(F)F)c(B(O)O)c1. The third-order valence-electron chi connectivity index (χ3n) is 1.66. The molecule has 0 spiro atoms. The Morgan fingerprint density at radius 3 is 2.21 bits per heavy atom. The van der Waals surface area contributed by atoms with Gasteiger partial charge in [-0.3, -0.25) is 0 Å². The lowest BCUT2D eigenvalue weighted by Gasteiger charge is -2.12. The summed E-state index contributed by atoms with van der Waals surface area (Å²) < 4.78 is 36.8. The number of rotatable bonds is 1. The fraction of sp³-hybridized carbons (Fsp3) is 0.143. The van der Waals surface area contributed by atoms with Gasteiger partial charge in [-0.15, -0.1) is 0 Å². The molecular weight excluding hydrogens is 198 g/mol. The van der Waals surface area contributed by atoms with Gasteiger partial charge in [-0.05, 0) is 23.7 Å². The molecule has 1 aromatic carbocycles. The first-order valence-electron chi connectivity index (χ1n) is 3.65. The Bertz CT molecular complexity index is 340. The lowest BCUT2D eigenvalue weighted by atomic mass is 9.76. The van der Waals surface area contributed by atoms with Gasteiger partial charge < -0.3 is 15.8 Å². The maximum absolute atomic E-state index is 12.3. The van der Waals surface area contributed by atoms with Gasteiger partial charge in [0.15, 0.2) is 0 Å². The Balaban J connectivity index is 3.29. The van der Waals surface area contributed by atoms with Crippen LogP contribution in [0.5, 0.6) is 0 Å². The standard InChI is InChI=1S/C7H7BF3NO2/c9-7(10,11)5-2-1-4(12)3-6(5)8(13)14/h1-3,13-14H,12H2. The summed E-state index contributed by atoms with van der Waals surface area (Å²) in [7, 11) is -2.19. The Hall–Kier alpha value is -1.21. The number of nitrogen functional groups attached to an aromatic ring is 1. The van der Waals surface area contributed by atoms with Crippen LogP contribution in [0.3, 0.4) is 0 Å². The number of halogens is 3. The van der Waals surface area contributed by atoms with Crippen LogP contribution in [0.15, 0.2) is 18.2 Å². The summed E-state index contributed by atoms with van der Waals surface area (Å²) in [6.07, 6.45) is -4.62. The molecule has 0 atom stereocenters. The minimum absolute atomic E-state index is 0.0427. The van der Waals surface area contributed by atoms with Crippen LogP contribution in [-0.4, -0.2) is 17.2 Å². The summed E-state index contributed by atoms with van der Waals surface area (Å²) in [6, 6.07) is 2.65. The van der Waals surface area contributed by atoms with Crippen LogP contribution in [0.2, 0.25) is 0 Å². The van der Waals surface area contributed by atoms with Crippen molar-refractivity contribution in [3.8, 4) is 0 Å². The van der Waals surface area contributed by atoms with Crippen LogP contribution >= 0.6 is 0 Å². The zero-order valence-electron chi connectivity index (χ0n) is 6.92. The zero-order valence-corrected chi connectivity index (χ0v) is 6.92. The normalized spacial score (nSPS) is 11.5. The van der Waals surface area contributed by atoms with Crippen LogP contribution in [-0.2, 0) is 6.18 Å². The fourth-order valence-corrected chi connectivity index (χ4v) is 1.05. The summed E-state index contributed by atoms with van der Waals surface area (Å²) in [4.78, 5) is 0. The summed E-state index contributed by atoms with van der Waals surface area (Å²) in [6.45, 7) is 0. The number of alkyl halides is 3. The molecule has 7 heteroatoms. The molecule has 1 aromatic rings. The molecule has 76 valence electrons. The van der Waals surface area contributed by atoms with Gasteiger partial charge in [0.1, 0.15) is 0 Å². The molecule has 3 nitrogen and oxygen atoms in total. The van der Waals surface area contributed by atoms with Gasteiger partial charge >= 0.3 is 13.3 Å². The monoisotopic (exact) mass is 205 g/mol. The fourth-order valence-electron chi connectivity index (χ4n) is 1.05. The Labute approximate surface area is 78.1 Å². The summed E-state index contributed by atoms with van der Waals surface area (Å²) >= 11 is 0. The minimum Gasteiger partial charge on any atom is -0.423 e. The molecule has 0 aromatic heterocycles. The highest BCUT2D eigenvalue weighted by molar-refractivity contribution is 6.59. The number of hydrogen-bond donors (Lipinski definition) is 3. The Morgan fingerprint density at radius 2 is 1.79 bits per heavy atom. The van der Waals surface area contributed by atoms with E-state index in [-0.39, 0.29) is 5.69 Å². The minimum atomic E-state index is -4.62. The molecule has 0 heterocycles. The Kier molecular flexibility index (Phi) is 2.72. The number of nitrogens with two attached hydrogens (primary N) is 1. The van der Waals surface area contributed by atoms with Gasteiger partial charge in [0, 0.05) is 5.69 Å². The van der Waals surface area contributed by atoms with Crippen molar-refractivity contribution in [2.45, 2.75) is 6.18 Å². The molecule has 4 N–H and O–H groups in total. The highest BCUT2D eigenvalue weighted by Gasteiger charge is 2.36. The molecule has 0 saturated carbocycles. The second-order valence-electron chi connectivity index (χ2n) is 2.72. The summed E-state index contributed by atoms with van der Waals surface area (Å²) in [5, 5.41) is 17.4. The molecule has 0 aliphatic carbocycles. The molecule has 0 bridgehead atoms. The summed E-state index contributed by atoms with van der Waals surface area (Å²) in [5.41, 5.74) is 3.52. The lowest BCUT2D eigenvalue weighted by Crippen LogP contribution is -2.36. The van der Waals surface area contributed by atoms with Crippen LogP contribution in [0, 0.1) is 0 Å².